The van der Waals surface area contributed by atoms with E-state index >= 15 is 0 Å². The second-order valence-electron chi connectivity index (χ2n) is 5.55. The first-order valence-electron chi connectivity index (χ1n) is 8.38. The summed E-state index contributed by atoms with van der Waals surface area (Å²) in [5.74, 6) is -0.708. The molecule has 0 radical (unpaired) electrons. The van der Waals surface area contributed by atoms with Crippen molar-refractivity contribution >= 4 is 5.97 Å². The molecule has 0 aromatic rings. The summed E-state index contributed by atoms with van der Waals surface area (Å²) >= 11 is 0. The normalized spacial score (nSPS) is 13.2. The molecule has 21 heavy (non-hydrogen) atoms. The highest BCUT2D eigenvalue weighted by Crippen LogP contribution is 2.07. The second-order valence-corrected chi connectivity index (χ2v) is 5.55. The van der Waals surface area contributed by atoms with Gasteiger partial charge in [0.25, 0.3) is 0 Å². The van der Waals surface area contributed by atoms with Gasteiger partial charge in [0, 0.05) is 6.42 Å². The van der Waals surface area contributed by atoms with Crippen molar-refractivity contribution in [3.05, 3.63) is 24.3 Å². The number of hydrogen-bond donors (Lipinski definition) is 2. The first kappa shape index (κ1) is 19.9. The van der Waals surface area contributed by atoms with Crippen molar-refractivity contribution in [2.24, 2.45) is 0 Å². The van der Waals surface area contributed by atoms with Crippen LogP contribution in [-0.2, 0) is 4.79 Å². The van der Waals surface area contributed by atoms with Crippen LogP contribution < -0.4 is 0 Å². The fourth-order valence-corrected chi connectivity index (χ4v) is 2.09. The number of carboxylic acid groups (broad SMARTS) is 1. The molecule has 0 spiro atoms. The third kappa shape index (κ3) is 16.9. The lowest BCUT2D eigenvalue weighted by Crippen LogP contribution is -1.99. The Kier molecular flexibility index (Phi) is 14.5. The Morgan fingerprint density at radius 3 is 2.33 bits per heavy atom. The molecule has 2 N–H and O–H groups in total. The molecule has 122 valence electrons. The summed E-state index contributed by atoms with van der Waals surface area (Å²) in [6, 6.07) is 0. The zero-order valence-electron chi connectivity index (χ0n) is 13.5. The van der Waals surface area contributed by atoms with Crippen LogP contribution in [0, 0.1) is 0 Å². The quantitative estimate of drug-likeness (QED) is 0.355. The average Bonchev–Trinajstić information content (AvgIpc) is 2.45. The predicted molar refractivity (Wildman–Crippen MR) is 88.4 cm³/mol. The maximum Gasteiger partial charge on any atom is 0.303 e. The molecule has 0 aliphatic heterocycles. The van der Waals surface area contributed by atoms with E-state index in [1.54, 1.807) is 0 Å². The monoisotopic (exact) mass is 296 g/mol. The van der Waals surface area contributed by atoms with Gasteiger partial charge in [-0.15, -0.1) is 0 Å². The van der Waals surface area contributed by atoms with Gasteiger partial charge in [0.1, 0.15) is 0 Å². The van der Waals surface area contributed by atoms with Crippen molar-refractivity contribution in [3.8, 4) is 0 Å². The topological polar surface area (TPSA) is 57.5 Å². The predicted octanol–water partition coefficient (Wildman–Crippen LogP) is 4.86. The van der Waals surface area contributed by atoms with Crippen LogP contribution in [0.25, 0.3) is 0 Å². The van der Waals surface area contributed by atoms with E-state index in [-0.39, 0.29) is 12.5 Å². The van der Waals surface area contributed by atoms with Gasteiger partial charge in [-0.25, -0.2) is 0 Å². The van der Waals surface area contributed by atoms with Gasteiger partial charge in [-0.05, 0) is 38.5 Å². The highest BCUT2D eigenvalue weighted by Gasteiger charge is 1.96. The second kappa shape index (κ2) is 15.3. The zero-order valence-corrected chi connectivity index (χ0v) is 13.5. The lowest BCUT2D eigenvalue weighted by atomic mass is 10.1. The molecule has 0 fully saturated rings. The Morgan fingerprint density at radius 1 is 0.952 bits per heavy atom. The Balaban J connectivity index is 3.41. The number of aliphatic hydroxyl groups excluding tert-OH is 1. The van der Waals surface area contributed by atoms with Crippen molar-refractivity contribution in [2.45, 2.75) is 83.7 Å². The van der Waals surface area contributed by atoms with Crippen molar-refractivity contribution < 1.29 is 15.0 Å². The Morgan fingerprint density at radius 2 is 1.62 bits per heavy atom. The van der Waals surface area contributed by atoms with Crippen molar-refractivity contribution in [2.75, 3.05) is 0 Å². The number of rotatable bonds is 14. The largest absolute Gasteiger partial charge is 0.481 e. The molecule has 0 unspecified atom stereocenters. The van der Waals surface area contributed by atoms with Crippen LogP contribution in [-0.4, -0.2) is 22.3 Å². The molecule has 0 bridgehead atoms. The average molecular weight is 296 g/mol. The third-order valence-corrected chi connectivity index (χ3v) is 3.39. The van der Waals surface area contributed by atoms with Gasteiger partial charge in [-0.2, -0.15) is 0 Å². The number of aliphatic hydroxyl groups is 1. The molecule has 1 atom stereocenters. The van der Waals surface area contributed by atoms with Gasteiger partial charge in [-0.1, -0.05) is 56.9 Å². The molecule has 3 nitrogen and oxygen atoms in total. The minimum absolute atomic E-state index is 0.277. The van der Waals surface area contributed by atoms with Gasteiger partial charge in [0.05, 0.1) is 6.10 Å². The summed E-state index contributed by atoms with van der Waals surface area (Å²) < 4.78 is 0. The molecule has 3 heteroatoms. The van der Waals surface area contributed by atoms with E-state index in [1.165, 1.54) is 19.3 Å². The highest BCUT2D eigenvalue weighted by molar-refractivity contribution is 5.66. The number of aliphatic carboxylic acids is 1. The van der Waals surface area contributed by atoms with E-state index in [0.717, 1.165) is 38.5 Å². The van der Waals surface area contributed by atoms with Crippen LogP contribution in [0.4, 0.5) is 0 Å². The summed E-state index contributed by atoms with van der Waals surface area (Å²) in [4.78, 5) is 10.3. The Labute approximate surface area is 129 Å². The molecule has 0 rings (SSSR count). The van der Waals surface area contributed by atoms with E-state index < -0.39 is 5.97 Å². The van der Waals surface area contributed by atoms with Crippen molar-refractivity contribution in [1.29, 1.82) is 0 Å². The van der Waals surface area contributed by atoms with Gasteiger partial charge < -0.3 is 10.2 Å². The summed E-state index contributed by atoms with van der Waals surface area (Å²) in [6.07, 6.45) is 18.4. The van der Waals surface area contributed by atoms with E-state index in [4.69, 9.17) is 5.11 Å². The van der Waals surface area contributed by atoms with E-state index in [9.17, 15) is 9.90 Å². The van der Waals surface area contributed by atoms with Crippen LogP contribution in [0.3, 0.4) is 0 Å². The summed E-state index contributed by atoms with van der Waals surface area (Å²) in [5, 5.41) is 18.3. The fraction of sp³-hybridized carbons (Fsp3) is 0.722. The lowest BCUT2D eigenvalue weighted by Gasteiger charge is -2.01. The zero-order chi connectivity index (χ0) is 15.8. The number of carboxylic acids is 1. The number of allylic oxidation sites excluding steroid dienone is 2. The van der Waals surface area contributed by atoms with E-state index in [2.05, 4.69) is 19.1 Å². The van der Waals surface area contributed by atoms with Crippen molar-refractivity contribution in [1.82, 2.24) is 0 Å². The van der Waals surface area contributed by atoms with E-state index in [0.29, 0.717) is 6.42 Å². The lowest BCUT2D eigenvalue weighted by molar-refractivity contribution is -0.137. The maximum atomic E-state index is 10.3. The first-order valence-corrected chi connectivity index (χ1v) is 8.38. The van der Waals surface area contributed by atoms with Crippen LogP contribution in [0.15, 0.2) is 24.3 Å². The molecule has 0 aliphatic rings. The fourth-order valence-electron chi connectivity index (χ4n) is 2.09. The molecule has 0 aromatic heterocycles. The van der Waals surface area contributed by atoms with Gasteiger partial charge >= 0.3 is 5.97 Å². The molecule has 0 aromatic carbocycles. The molecular formula is C18H32O3. The number of hydrogen-bond acceptors (Lipinski definition) is 2. The van der Waals surface area contributed by atoms with Gasteiger partial charge in [0.15, 0.2) is 0 Å². The Bertz CT molecular complexity index is 295. The molecule has 0 amide bonds. The molecule has 0 saturated carbocycles. The Hall–Kier alpha value is -1.09. The van der Waals surface area contributed by atoms with Gasteiger partial charge in [-0.3, -0.25) is 4.79 Å². The summed E-state index contributed by atoms with van der Waals surface area (Å²) in [5.41, 5.74) is 0. The molecule has 0 heterocycles. The minimum atomic E-state index is -0.708. The molecule has 0 saturated heterocycles. The maximum absolute atomic E-state index is 10.3. The van der Waals surface area contributed by atoms with Crippen LogP contribution >= 0.6 is 0 Å². The molecule has 0 aliphatic carbocycles. The molecular weight excluding hydrogens is 264 g/mol. The number of unbranched alkanes of at least 4 members (excludes halogenated alkanes) is 7. The minimum Gasteiger partial charge on any atom is -0.481 e. The van der Waals surface area contributed by atoms with Crippen LogP contribution in [0.1, 0.15) is 77.6 Å². The summed E-state index contributed by atoms with van der Waals surface area (Å²) in [6.45, 7) is 2.20. The van der Waals surface area contributed by atoms with Crippen LogP contribution in [0.2, 0.25) is 0 Å². The standard InChI is InChI=1S/C18H32O3/c1-2-3-4-5-8-11-14-17(19)15-12-9-6-7-10-13-16-18(20)21/h8,11-12,15,17,19H,2-7,9-10,13-14,16H2,1H3,(H,20,21)/t17-/m1/s1. The first-order chi connectivity index (χ1) is 10.2. The van der Waals surface area contributed by atoms with E-state index in [1.807, 2.05) is 12.2 Å². The highest BCUT2D eigenvalue weighted by atomic mass is 16.4. The van der Waals surface area contributed by atoms with Crippen LogP contribution in [0.5, 0.6) is 0 Å². The third-order valence-electron chi connectivity index (χ3n) is 3.39. The summed E-state index contributed by atoms with van der Waals surface area (Å²) in [7, 11) is 0. The van der Waals surface area contributed by atoms with Gasteiger partial charge in [0.2, 0.25) is 0 Å². The van der Waals surface area contributed by atoms with Crippen molar-refractivity contribution in [3.63, 3.8) is 0 Å². The SMILES string of the molecule is CCCCCC=CC[C@@H](O)C=CCCCCCCC(=O)O. The number of carbonyl (C=O) groups is 1. The smallest absolute Gasteiger partial charge is 0.303 e.